The maximum atomic E-state index is 12.9. The highest BCUT2D eigenvalue weighted by Crippen LogP contribution is 2.44. The molecule has 0 aliphatic heterocycles. The summed E-state index contributed by atoms with van der Waals surface area (Å²) in [5.74, 6) is -0.758. The van der Waals surface area contributed by atoms with Crippen molar-refractivity contribution >= 4 is 29.7 Å². The molecule has 34 heavy (non-hydrogen) atoms. The van der Waals surface area contributed by atoms with E-state index in [1.807, 2.05) is 49.6 Å². The number of benzene rings is 2. The second-order valence-corrected chi connectivity index (χ2v) is 9.38. The first-order chi connectivity index (χ1) is 16.4. The number of hydrogen-bond donors (Lipinski definition) is 3. The van der Waals surface area contributed by atoms with Crippen LogP contribution in [0.5, 0.6) is 0 Å². The van der Waals surface area contributed by atoms with Crippen molar-refractivity contribution in [2.45, 2.75) is 50.6 Å². The summed E-state index contributed by atoms with van der Waals surface area (Å²) in [6.07, 6.45) is 2.83. The number of rotatable bonds is 12. The van der Waals surface area contributed by atoms with E-state index >= 15 is 0 Å². The van der Waals surface area contributed by atoms with Crippen molar-refractivity contribution in [3.05, 3.63) is 59.7 Å². The van der Waals surface area contributed by atoms with E-state index in [1.165, 1.54) is 0 Å². The maximum Gasteiger partial charge on any atom is 0.407 e. The van der Waals surface area contributed by atoms with Gasteiger partial charge in [0, 0.05) is 12.0 Å². The van der Waals surface area contributed by atoms with Crippen LogP contribution in [0.3, 0.4) is 0 Å². The smallest absolute Gasteiger partial charge is 0.407 e. The molecule has 1 aliphatic carbocycles. The predicted octanol–water partition coefficient (Wildman–Crippen LogP) is 4.41. The zero-order valence-electron chi connectivity index (χ0n) is 19.6. The average Bonchev–Trinajstić information content (AvgIpc) is 3.14. The fraction of sp³-hybridized carbons (Fsp3) is 0.423. The Morgan fingerprint density at radius 1 is 1.00 bits per heavy atom. The van der Waals surface area contributed by atoms with E-state index in [9.17, 15) is 14.4 Å². The van der Waals surface area contributed by atoms with Crippen LogP contribution in [0.4, 0.5) is 4.79 Å². The Labute approximate surface area is 204 Å². The fourth-order valence-corrected chi connectivity index (χ4v) is 4.84. The maximum absolute atomic E-state index is 12.9. The lowest BCUT2D eigenvalue weighted by Gasteiger charge is -2.22. The van der Waals surface area contributed by atoms with Gasteiger partial charge in [0.25, 0.3) is 0 Å². The number of carbonyl (C=O) groups is 3. The minimum atomic E-state index is -0.969. The quantitative estimate of drug-likeness (QED) is 0.412. The molecule has 2 aromatic rings. The number of ether oxygens (including phenoxy) is 1. The highest BCUT2D eigenvalue weighted by Gasteiger charge is 2.30. The van der Waals surface area contributed by atoms with E-state index < -0.39 is 24.1 Å². The zero-order valence-corrected chi connectivity index (χ0v) is 20.4. The lowest BCUT2D eigenvalue weighted by Crippen LogP contribution is -2.50. The number of amides is 2. The van der Waals surface area contributed by atoms with Gasteiger partial charge in [0.15, 0.2) is 0 Å². The van der Waals surface area contributed by atoms with Gasteiger partial charge in [-0.3, -0.25) is 9.59 Å². The monoisotopic (exact) mass is 484 g/mol. The van der Waals surface area contributed by atoms with Crippen LogP contribution in [0.15, 0.2) is 48.5 Å². The SMILES string of the molecule is CCCC(CC(=O)O)NC(=O)[C@H](CCSC)NC(=O)OCC1c2ccccc2-c2ccccc21. The molecule has 2 amide bonds. The number of hydrogen-bond acceptors (Lipinski definition) is 5. The highest BCUT2D eigenvalue weighted by molar-refractivity contribution is 7.98. The van der Waals surface area contributed by atoms with Crippen molar-refractivity contribution in [2.24, 2.45) is 0 Å². The number of aliphatic carboxylic acids is 1. The van der Waals surface area contributed by atoms with E-state index in [2.05, 4.69) is 22.8 Å². The molecule has 0 fully saturated rings. The Bertz CT molecular complexity index is 967. The summed E-state index contributed by atoms with van der Waals surface area (Å²) in [7, 11) is 0. The first-order valence-corrected chi connectivity index (χ1v) is 13.0. The minimum absolute atomic E-state index is 0.0684. The third-order valence-electron chi connectivity index (χ3n) is 5.97. The molecule has 182 valence electrons. The second kappa shape index (κ2) is 12.5. The Morgan fingerprint density at radius 3 is 2.18 bits per heavy atom. The lowest BCUT2D eigenvalue weighted by molar-refractivity contribution is -0.137. The van der Waals surface area contributed by atoms with E-state index in [-0.39, 0.29) is 24.9 Å². The molecule has 0 saturated heterocycles. The zero-order chi connectivity index (χ0) is 24.5. The van der Waals surface area contributed by atoms with Crippen LogP contribution in [0, 0.1) is 0 Å². The van der Waals surface area contributed by atoms with Crippen molar-refractivity contribution in [1.82, 2.24) is 10.6 Å². The number of nitrogens with one attached hydrogen (secondary N) is 2. The number of carboxylic acid groups (broad SMARTS) is 1. The van der Waals surface area contributed by atoms with Crippen LogP contribution < -0.4 is 10.6 Å². The summed E-state index contributed by atoms with van der Waals surface area (Å²) < 4.78 is 5.59. The number of alkyl carbamates (subject to hydrolysis) is 1. The molecule has 2 atom stereocenters. The van der Waals surface area contributed by atoms with Gasteiger partial charge in [0.1, 0.15) is 12.6 Å². The lowest BCUT2D eigenvalue weighted by atomic mass is 9.98. The molecule has 3 N–H and O–H groups in total. The summed E-state index contributed by atoms with van der Waals surface area (Å²) in [5, 5.41) is 14.6. The Balaban J connectivity index is 1.64. The van der Waals surface area contributed by atoms with Crippen molar-refractivity contribution in [1.29, 1.82) is 0 Å². The number of carboxylic acids is 1. The van der Waals surface area contributed by atoms with Crippen LogP contribution in [0.1, 0.15) is 49.7 Å². The summed E-state index contributed by atoms with van der Waals surface area (Å²) in [4.78, 5) is 36.7. The van der Waals surface area contributed by atoms with E-state index in [4.69, 9.17) is 9.84 Å². The molecular weight excluding hydrogens is 452 g/mol. The predicted molar refractivity (Wildman–Crippen MR) is 134 cm³/mol. The van der Waals surface area contributed by atoms with Gasteiger partial charge < -0.3 is 20.5 Å². The summed E-state index contributed by atoms with van der Waals surface area (Å²) in [6, 6.07) is 14.9. The van der Waals surface area contributed by atoms with Crippen LogP contribution in [-0.4, -0.2) is 53.8 Å². The van der Waals surface area contributed by atoms with Gasteiger partial charge in [-0.05, 0) is 47.1 Å². The fourth-order valence-electron chi connectivity index (χ4n) is 4.37. The Kier molecular flexibility index (Phi) is 9.39. The van der Waals surface area contributed by atoms with Gasteiger partial charge in [-0.15, -0.1) is 0 Å². The summed E-state index contributed by atoms with van der Waals surface area (Å²) in [6.45, 7) is 2.09. The molecule has 0 bridgehead atoms. The minimum Gasteiger partial charge on any atom is -0.481 e. The van der Waals surface area contributed by atoms with E-state index in [0.717, 1.165) is 28.7 Å². The standard InChI is InChI=1S/C26H32N2O5S/c1-3-8-17(15-24(29)30)27-25(31)23(13-14-34-2)28-26(32)33-16-22-20-11-6-4-9-18(20)19-10-5-7-12-21(19)22/h4-7,9-12,17,22-23H,3,8,13-16H2,1-2H3,(H,27,31)(H,28,32)(H,29,30)/t17?,23-/m0/s1. The summed E-state index contributed by atoms with van der Waals surface area (Å²) >= 11 is 1.57. The van der Waals surface area contributed by atoms with Gasteiger partial charge >= 0.3 is 12.1 Å². The van der Waals surface area contributed by atoms with Gasteiger partial charge in [-0.1, -0.05) is 61.9 Å². The molecule has 3 rings (SSSR count). The summed E-state index contributed by atoms with van der Waals surface area (Å²) in [5.41, 5.74) is 4.52. The van der Waals surface area contributed by atoms with Crippen molar-refractivity contribution in [3.8, 4) is 11.1 Å². The van der Waals surface area contributed by atoms with Crippen molar-refractivity contribution in [3.63, 3.8) is 0 Å². The van der Waals surface area contributed by atoms with E-state index in [1.54, 1.807) is 11.8 Å². The topological polar surface area (TPSA) is 105 Å². The Hall–Kier alpha value is -3.00. The van der Waals surface area contributed by atoms with Crippen LogP contribution in [0.2, 0.25) is 0 Å². The molecule has 0 saturated carbocycles. The first kappa shape index (κ1) is 25.6. The molecule has 1 unspecified atom stereocenters. The third kappa shape index (κ3) is 6.53. The molecule has 0 spiro atoms. The van der Waals surface area contributed by atoms with Gasteiger partial charge in [-0.25, -0.2) is 4.79 Å². The molecule has 0 heterocycles. The highest BCUT2D eigenvalue weighted by atomic mass is 32.2. The number of carbonyl (C=O) groups excluding carboxylic acids is 2. The molecule has 7 nitrogen and oxygen atoms in total. The van der Waals surface area contributed by atoms with Crippen molar-refractivity contribution in [2.75, 3.05) is 18.6 Å². The molecule has 2 aromatic carbocycles. The largest absolute Gasteiger partial charge is 0.481 e. The van der Waals surface area contributed by atoms with Crippen LogP contribution in [-0.2, 0) is 14.3 Å². The molecule has 8 heteroatoms. The average molecular weight is 485 g/mol. The molecule has 1 aliphatic rings. The third-order valence-corrected chi connectivity index (χ3v) is 6.61. The number of fused-ring (bicyclic) bond motifs is 3. The van der Waals surface area contributed by atoms with Crippen LogP contribution in [0.25, 0.3) is 11.1 Å². The molecular formula is C26H32N2O5S. The second-order valence-electron chi connectivity index (χ2n) is 8.40. The van der Waals surface area contributed by atoms with Gasteiger partial charge in [0.05, 0.1) is 6.42 Å². The van der Waals surface area contributed by atoms with Gasteiger partial charge in [0.2, 0.25) is 5.91 Å². The molecule has 0 aromatic heterocycles. The molecule has 0 radical (unpaired) electrons. The van der Waals surface area contributed by atoms with Crippen molar-refractivity contribution < 1.29 is 24.2 Å². The normalized spacial score (nSPS) is 13.9. The van der Waals surface area contributed by atoms with Gasteiger partial charge in [-0.2, -0.15) is 11.8 Å². The van der Waals surface area contributed by atoms with E-state index in [0.29, 0.717) is 18.6 Å². The Morgan fingerprint density at radius 2 is 1.62 bits per heavy atom. The number of thioether (sulfide) groups is 1. The van der Waals surface area contributed by atoms with Crippen LogP contribution >= 0.6 is 11.8 Å². The first-order valence-electron chi connectivity index (χ1n) is 11.6.